The van der Waals surface area contributed by atoms with Gasteiger partial charge in [0.2, 0.25) is 5.91 Å². The van der Waals surface area contributed by atoms with Crippen LogP contribution in [-0.4, -0.2) is 41.6 Å². The second-order valence-electron chi connectivity index (χ2n) is 5.82. The Balaban J connectivity index is 1.89. The summed E-state index contributed by atoms with van der Waals surface area (Å²) in [6.07, 6.45) is 1.87. The molecule has 1 aliphatic heterocycles. The number of nitrogens with two attached hydrogens (primary N) is 1. The maximum Gasteiger partial charge on any atom is 0.224 e. The fraction of sp³-hybridized carbons (Fsp3) is 0.667. The molecule has 0 saturated carbocycles. The van der Waals surface area contributed by atoms with Crippen molar-refractivity contribution in [3.05, 3.63) is 17.6 Å². The lowest BCUT2D eigenvalue weighted by Gasteiger charge is -2.33. The van der Waals surface area contributed by atoms with Gasteiger partial charge < -0.3 is 16.0 Å². The predicted molar refractivity (Wildman–Crippen MR) is 83.1 cm³/mol. The number of hydrogen-bond donors (Lipinski definition) is 2. The van der Waals surface area contributed by atoms with Gasteiger partial charge in [-0.3, -0.25) is 4.79 Å². The van der Waals surface area contributed by atoms with Gasteiger partial charge in [0, 0.05) is 43.4 Å². The molecule has 1 aromatic rings. The van der Waals surface area contributed by atoms with Crippen LogP contribution in [0.4, 0.5) is 5.82 Å². The smallest absolute Gasteiger partial charge is 0.224 e. The fourth-order valence-electron chi connectivity index (χ4n) is 2.56. The van der Waals surface area contributed by atoms with Crippen molar-refractivity contribution in [3.8, 4) is 0 Å². The Labute approximate surface area is 126 Å². The molecule has 1 aromatic heterocycles. The summed E-state index contributed by atoms with van der Waals surface area (Å²) in [5, 5.41) is 3.09. The van der Waals surface area contributed by atoms with Gasteiger partial charge in [-0.05, 0) is 26.7 Å². The van der Waals surface area contributed by atoms with Crippen molar-refractivity contribution in [1.82, 2.24) is 15.3 Å². The van der Waals surface area contributed by atoms with Gasteiger partial charge >= 0.3 is 0 Å². The monoisotopic (exact) mass is 291 g/mol. The number of aromatic nitrogens is 2. The molecule has 3 N–H and O–H groups in total. The minimum absolute atomic E-state index is 0.0599. The molecule has 1 amide bonds. The third-order valence-electron chi connectivity index (χ3n) is 3.92. The molecule has 1 atom stereocenters. The molecule has 6 heteroatoms. The molecule has 116 valence electrons. The summed E-state index contributed by atoms with van der Waals surface area (Å²) in [7, 11) is 0. The van der Waals surface area contributed by atoms with E-state index in [1.807, 2.05) is 26.8 Å². The highest BCUT2D eigenvalue weighted by Crippen LogP contribution is 2.19. The fourth-order valence-corrected chi connectivity index (χ4v) is 2.56. The maximum absolute atomic E-state index is 11.9. The third kappa shape index (κ3) is 4.14. The summed E-state index contributed by atoms with van der Waals surface area (Å²) in [5.41, 5.74) is 6.51. The number of amides is 1. The van der Waals surface area contributed by atoms with Crippen LogP contribution in [0.5, 0.6) is 0 Å². The summed E-state index contributed by atoms with van der Waals surface area (Å²) >= 11 is 0. The zero-order chi connectivity index (χ0) is 15.4. The van der Waals surface area contributed by atoms with E-state index >= 15 is 0 Å². The van der Waals surface area contributed by atoms with Crippen LogP contribution in [-0.2, 0) is 4.79 Å². The van der Waals surface area contributed by atoms with Crippen molar-refractivity contribution in [2.45, 2.75) is 39.7 Å². The Morgan fingerprint density at radius 2 is 2.10 bits per heavy atom. The lowest BCUT2D eigenvalue weighted by atomic mass is 10.0. The zero-order valence-electron chi connectivity index (χ0n) is 13.1. The summed E-state index contributed by atoms with van der Waals surface area (Å²) in [4.78, 5) is 22.9. The second-order valence-corrected chi connectivity index (χ2v) is 5.82. The lowest BCUT2D eigenvalue weighted by Crippen LogP contribution is -2.47. The summed E-state index contributed by atoms with van der Waals surface area (Å²) < 4.78 is 0. The highest BCUT2D eigenvalue weighted by atomic mass is 16.1. The average molecular weight is 291 g/mol. The van der Waals surface area contributed by atoms with Crippen molar-refractivity contribution in [2.24, 2.45) is 11.7 Å². The third-order valence-corrected chi connectivity index (χ3v) is 3.92. The summed E-state index contributed by atoms with van der Waals surface area (Å²) in [5.74, 6) is 1.73. The number of aryl methyl sites for hydroxylation is 2. The Kier molecular flexibility index (Phi) is 5.12. The second kappa shape index (κ2) is 6.85. The van der Waals surface area contributed by atoms with Crippen LogP contribution in [0.25, 0.3) is 0 Å². The molecule has 6 nitrogen and oxygen atoms in total. The predicted octanol–water partition coefficient (Wildman–Crippen LogP) is 0.773. The van der Waals surface area contributed by atoms with Crippen molar-refractivity contribution >= 4 is 11.7 Å². The average Bonchev–Trinajstić information content (AvgIpc) is 2.46. The Morgan fingerprint density at radius 3 is 2.67 bits per heavy atom. The van der Waals surface area contributed by atoms with Crippen LogP contribution < -0.4 is 16.0 Å². The molecule has 0 spiro atoms. The van der Waals surface area contributed by atoms with E-state index in [9.17, 15) is 4.79 Å². The first-order valence-corrected chi connectivity index (χ1v) is 7.57. The number of carbonyl (C=O) groups excluding carboxylic acids is 1. The molecule has 0 bridgehead atoms. The molecular formula is C15H25N5O. The van der Waals surface area contributed by atoms with Crippen LogP contribution in [0.3, 0.4) is 0 Å². The Hall–Kier alpha value is -1.69. The molecule has 1 unspecified atom stereocenters. The van der Waals surface area contributed by atoms with Crippen molar-refractivity contribution in [2.75, 3.05) is 24.5 Å². The molecule has 1 saturated heterocycles. The quantitative estimate of drug-likeness (QED) is 0.856. The summed E-state index contributed by atoms with van der Waals surface area (Å²) in [6, 6.07) is 2.26. The van der Waals surface area contributed by atoms with Gasteiger partial charge in [0.05, 0.1) is 0 Å². The number of rotatable bonds is 4. The van der Waals surface area contributed by atoms with Crippen LogP contribution in [0.1, 0.15) is 31.3 Å². The van der Waals surface area contributed by atoms with Gasteiger partial charge in [-0.15, -0.1) is 0 Å². The highest BCUT2D eigenvalue weighted by molar-refractivity contribution is 5.78. The largest absolute Gasteiger partial charge is 0.356 e. The molecule has 0 radical (unpaired) electrons. The highest BCUT2D eigenvalue weighted by Gasteiger charge is 2.23. The van der Waals surface area contributed by atoms with Gasteiger partial charge in [0.1, 0.15) is 11.6 Å². The Bertz CT molecular complexity index is 477. The minimum atomic E-state index is -0.116. The minimum Gasteiger partial charge on any atom is -0.356 e. The first kappa shape index (κ1) is 15.7. The van der Waals surface area contributed by atoms with Gasteiger partial charge in [0.25, 0.3) is 0 Å². The van der Waals surface area contributed by atoms with Crippen LogP contribution >= 0.6 is 0 Å². The maximum atomic E-state index is 11.9. The van der Waals surface area contributed by atoms with Crippen LogP contribution in [0, 0.1) is 19.8 Å². The SMILES string of the molecule is Cc1cc(N2CCC(NC(=O)C(C)CN)CC2)nc(C)n1. The van der Waals surface area contributed by atoms with Crippen molar-refractivity contribution in [1.29, 1.82) is 0 Å². The normalized spacial score (nSPS) is 17.6. The van der Waals surface area contributed by atoms with E-state index in [0.717, 1.165) is 43.3 Å². The number of nitrogens with one attached hydrogen (secondary N) is 1. The molecule has 0 aromatic carbocycles. The molecular weight excluding hydrogens is 266 g/mol. The van der Waals surface area contributed by atoms with E-state index in [1.54, 1.807) is 0 Å². The molecule has 2 rings (SSSR count). The number of piperidine rings is 1. The first-order valence-electron chi connectivity index (χ1n) is 7.57. The van der Waals surface area contributed by atoms with E-state index in [1.165, 1.54) is 0 Å². The Morgan fingerprint density at radius 1 is 1.43 bits per heavy atom. The van der Waals surface area contributed by atoms with Gasteiger partial charge in [-0.25, -0.2) is 9.97 Å². The van der Waals surface area contributed by atoms with Crippen molar-refractivity contribution in [3.63, 3.8) is 0 Å². The van der Waals surface area contributed by atoms with E-state index in [0.29, 0.717) is 6.54 Å². The number of nitrogens with zero attached hydrogens (tertiary/aromatic N) is 3. The van der Waals surface area contributed by atoms with Crippen LogP contribution in [0.15, 0.2) is 6.07 Å². The lowest BCUT2D eigenvalue weighted by molar-refractivity contribution is -0.125. The number of anilines is 1. The van der Waals surface area contributed by atoms with Gasteiger partial charge in [0.15, 0.2) is 0 Å². The van der Waals surface area contributed by atoms with Crippen LogP contribution in [0.2, 0.25) is 0 Å². The molecule has 1 aliphatic rings. The summed E-state index contributed by atoms with van der Waals surface area (Å²) in [6.45, 7) is 7.95. The van der Waals surface area contributed by atoms with E-state index in [2.05, 4.69) is 20.2 Å². The zero-order valence-corrected chi connectivity index (χ0v) is 13.1. The topological polar surface area (TPSA) is 84.1 Å². The molecule has 2 heterocycles. The number of hydrogen-bond acceptors (Lipinski definition) is 5. The van der Waals surface area contributed by atoms with E-state index < -0.39 is 0 Å². The molecule has 1 fully saturated rings. The van der Waals surface area contributed by atoms with Gasteiger partial charge in [-0.1, -0.05) is 6.92 Å². The van der Waals surface area contributed by atoms with Crippen molar-refractivity contribution < 1.29 is 4.79 Å². The molecule has 21 heavy (non-hydrogen) atoms. The standard InChI is InChI=1S/C15H25N5O/c1-10(9-16)15(21)19-13-4-6-20(7-5-13)14-8-11(2)17-12(3)18-14/h8,10,13H,4-7,9,16H2,1-3H3,(H,19,21). The first-order chi connectivity index (χ1) is 9.99. The molecule has 0 aliphatic carbocycles. The number of carbonyl (C=O) groups is 1. The van der Waals surface area contributed by atoms with E-state index in [4.69, 9.17) is 5.73 Å². The van der Waals surface area contributed by atoms with Gasteiger partial charge in [-0.2, -0.15) is 0 Å². The van der Waals surface area contributed by atoms with E-state index in [-0.39, 0.29) is 17.9 Å².